The minimum Gasteiger partial charge on any atom is -0.324 e. The highest BCUT2D eigenvalue weighted by Gasteiger charge is 2.43. The van der Waals surface area contributed by atoms with E-state index in [0.29, 0.717) is 17.4 Å². The SMILES string of the molecule is CC(C)(c1ccc(F)cc1)c1ccc(NC(=O)[C@H]2C[C@H](S(=O)(=O)c3cccc(C(F)(F)F)c3)C2)cn1. The molecule has 1 aliphatic carbocycles. The van der Waals surface area contributed by atoms with Crippen LogP contribution in [0.15, 0.2) is 71.8 Å². The van der Waals surface area contributed by atoms with Crippen molar-refractivity contribution in [1.82, 2.24) is 4.98 Å². The van der Waals surface area contributed by atoms with Gasteiger partial charge in [-0.1, -0.05) is 32.0 Å². The molecular formula is C26H24F4N2O3S. The molecule has 190 valence electrons. The molecule has 2 aromatic carbocycles. The summed E-state index contributed by atoms with van der Waals surface area (Å²) in [6.07, 6.45) is -3.11. The average molecular weight is 521 g/mol. The average Bonchev–Trinajstić information content (AvgIpc) is 2.78. The molecule has 1 aliphatic rings. The van der Waals surface area contributed by atoms with Crippen LogP contribution in [0.3, 0.4) is 0 Å². The van der Waals surface area contributed by atoms with Gasteiger partial charge in [0, 0.05) is 11.3 Å². The van der Waals surface area contributed by atoms with Crippen molar-refractivity contribution in [2.24, 2.45) is 5.92 Å². The standard InChI is InChI=1S/C26H24F4N2O3S/c1-25(2,17-6-8-19(27)9-7-17)23-11-10-20(15-31-23)32-24(33)16-12-22(13-16)36(34,35)21-5-3-4-18(14-21)26(28,29)30/h3-11,14-16,22H,12-13H2,1-2H3,(H,32,33)/t16-,22-. The zero-order valence-corrected chi connectivity index (χ0v) is 20.3. The monoisotopic (exact) mass is 520 g/mol. The second-order valence-electron chi connectivity index (χ2n) is 9.41. The molecule has 0 unspecified atom stereocenters. The molecule has 3 aromatic rings. The van der Waals surface area contributed by atoms with E-state index in [1.54, 1.807) is 24.3 Å². The van der Waals surface area contributed by atoms with Crippen LogP contribution in [0.4, 0.5) is 23.2 Å². The number of hydrogen-bond donors (Lipinski definition) is 1. The van der Waals surface area contributed by atoms with Crippen LogP contribution < -0.4 is 5.32 Å². The number of halogens is 4. The first-order chi connectivity index (χ1) is 16.8. The van der Waals surface area contributed by atoms with Gasteiger partial charge in [0.25, 0.3) is 0 Å². The number of carbonyl (C=O) groups excluding carboxylic acids is 1. The third kappa shape index (κ3) is 5.13. The van der Waals surface area contributed by atoms with E-state index >= 15 is 0 Å². The molecule has 0 bridgehead atoms. The number of rotatable bonds is 6. The number of nitrogens with one attached hydrogen (secondary N) is 1. The lowest BCUT2D eigenvalue weighted by Gasteiger charge is -2.33. The molecule has 10 heteroatoms. The minimum absolute atomic E-state index is 0.0214. The van der Waals surface area contributed by atoms with E-state index in [1.807, 2.05) is 13.8 Å². The smallest absolute Gasteiger partial charge is 0.324 e. The number of anilines is 1. The lowest BCUT2D eigenvalue weighted by atomic mass is 9.81. The van der Waals surface area contributed by atoms with Crippen LogP contribution in [0.5, 0.6) is 0 Å². The maximum atomic E-state index is 13.3. The topological polar surface area (TPSA) is 76.1 Å². The number of sulfone groups is 1. The number of alkyl halides is 3. The van der Waals surface area contributed by atoms with Crippen LogP contribution in [0, 0.1) is 11.7 Å². The third-order valence-corrected chi connectivity index (χ3v) is 8.81. The number of carbonyl (C=O) groups is 1. The van der Waals surface area contributed by atoms with Crippen molar-refractivity contribution in [2.45, 2.75) is 48.4 Å². The lowest BCUT2D eigenvalue weighted by molar-refractivity contribution is -0.137. The van der Waals surface area contributed by atoms with E-state index in [9.17, 15) is 30.8 Å². The van der Waals surface area contributed by atoms with Crippen LogP contribution in [-0.2, 0) is 26.2 Å². The van der Waals surface area contributed by atoms with Crippen molar-refractivity contribution in [1.29, 1.82) is 0 Å². The highest BCUT2D eigenvalue weighted by molar-refractivity contribution is 7.92. The Labute approximate surface area is 206 Å². The summed E-state index contributed by atoms with van der Waals surface area (Å²) in [5, 5.41) is 1.79. The second-order valence-corrected chi connectivity index (χ2v) is 11.6. The predicted octanol–water partition coefficient (Wildman–Crippen LogP) is 5.76. The van der Waals surface area contributed by atoms with Crippen molar-refractivity contribution < 1.29 is 30.8 Å². The van der Waals surface area contributed by atoms with Crippen molar-refractivity contribution >= 4 is 21.4 Å². The fraction of sp³-hybridized carbons (Fsp3) is 0.308. The zero-order chi connectivity index (χ0) is 26.3. The van der Waals surface area contributed by atoms with Gasteiger partial charge in [0.15, 0.2) is 9.84 Å². The summed E-state index contributed by atoms with van der Waals surface area (Å²) in [6, 6.07) is 13.2. The van der Waals surface area contributed by atoms with Gasteiger partial charge in [-0.05, 0) is 60.9 Å². The van der Waals surface area contributed by atoms with Gasteiger partial charge >= 0.3 is 6.18 Å². The van der Waals surface area contributed by atoms with Crippen LogP contribution in [-0.4, -0.2) is 24.6 Å². The fourth-order valence-corrected chi connectivity index (χ4v) is 6.09. The normalized spacial score (nSPS) is 18.4. The molecule has 0 saturated heterocycles. The van der Waals surface area contributed by atoms with Crippen LogP contribution in [0.25, 0.3) is 0 Å². The summed E-state index contributed by atoms with van der Waals surface area (Å²) in [5.41, 5.74) is 0.479. The Kier molecular flexibility index (Phi) is 6.68. The highest BCUT2D eigenvalue weighted by atomic mass is 32.2. The summed E-state index contributed by atoms with van der Waals surface area (Å²) in [6.45, 7) is 3.89. The zero-order valence-electron chi connectivity index (χ0n) is 19.5. The molecule has 0 spiro atoms. The van der Waals surface area contributed by atoms with Gasteiger partial charge in [0.1, 0.15) is 5.82 Å². The first kappa shape index (κ1) is 25.8. The molecule has 1 saturated carbocycles. The van der Waals surface area contributed by atoms with Crippen molar-refractivity contribution in [3.8, 4) is 0 Å². The van der Waals surface area contributed by atoms with E-state index in [4.69, 9.17) is 0 Å². The predicted molar refractivity (Wildman–Crippen MR) is 127 cm³/mol. The van der Waals surface area contributed by atoms with Gasteiger partial charge in [0.2, 0.25) is 5.91 Å². The van der Waals surface area contributed by atoms with Crippen molar-refractivity contribution in [2.75, 3.05) is 5.32 Å². The Hall–Kier alpha value is -3.27. The van der Waals surface area contributed by atoms with Gasteiger partial charge < -0.3 is 5.32 Å². The first-order valence-electron chi connectivity index (χ1n) is 11.2. The minimum atomic E-state index is -4.65. The molecule has 1 heterocycles. The van der Waals surface area contributed by atoms with Crippen LogP contribution in [0.2, 0.25) is 0 Å². The molecule has 1 aromatic heterocycles. The van der Waals surface area contributed by atoms with E-state index in [1.165, 1.54) is 18.3 Å². The summed E-state index contributed by atoms with van der Waals surface area (Å²) < 4.78 is 77.6. The summed E-state index contributed by atoms with van der Waals surface area (Å²) in [4.78, 5) is 16.6. The van der Waals surface area contributed by atoms with Crippen LogP contribution in [0.1, 0.15) is 43.5 Å². The van der Waals surface area contributed by atoms with E-state index in [-0.39, 0.29) is 24.6 Å². The molecule has 0 radical (unpaired) electrons. The van der Waals surface area contributed by atoms with E-state index in [2.05, 4.69) is 10.3 Å². The number of benzene rings is 2. The molecule has 0 atom stereocenters. The molecule has 1 amide bonds. The van der Waals surface area contributed by atoms with E-state index < -0.39 is 43.1 Å². The maximum absolute atomic E-state index is 13.3. The van der Waals surface area contributed by atoms with Crippen molar-refractivity contribution in [3.05, 3.63) is 89.5 Å². The summed E-state index contributed by atoms with van der Waals surface area (Å²) in [5.74, 6) is -1.29. The molecule has 0 aliphatic heterocycles. The number of hydrogen-bond acceptors (Lipinski definition) is 4. The lowest BCUT2D eigenvalue weighted by Crippen LogP contribution is -2.42. The summed E-state index contributed by atoms with van der Waals surface area (Å²) >= 11 is 0. The fourth-order valence-electron chi connectivity index (χ4n) is 4.17. The molecule has 1 N–H and O–H groups in total. The highest BCUT2D eigenvalue weighted by Crippen LogP contribution is 2.39. The Morgan fingerprint density at radius 1 is 0.972 bits per heavy atom. The molecule has 1 fully saturated rings. The Balaban J connectivity index is 1.38. The van der Waals surface area contributed by atoms with Gasteiger partial charge in [-0.15, -0.1) is 0 Å². The molecule has 5 nitrogen and oxygen atoms in total. The Bertz CT molecular complexity index is 1360. The van der Waals surface area contributed by atoms with Gasteiger partial charge in [-0.3, -0.25) is 9.78 Å². The number of aromatic nitrogens is 1. The first-order valence-corrected chi connectivity index (χ1v) is 12.8. The quantitative estimate of drug-likeness (QED) is 0.420. The molecule has 4 rings (SSSR count). The molecule has 36 heavy (non-hydrogen) atoms. The third-order valence-electron chi connectivity index (χ3n) is 6.63. The Morgan fingerprint density at radius 2 is 1.64 bits per heavy atom. The van der Waals surface area contributed by atoms with Gasteiger partial charge in [0.05, 0.1) is 33.3 Å². The van der Waals surface area contributed by atoms with E-state index in [0.717, 1.165) is 23.8 Å². The van der Waals surface area contributed by atoms with Gasteiger partial charge in [-0.2, -0.15) is 13.2 Å². The summed E-state index contributed by atoms with van der Waals surface area (Å²) in [7, 11) is -3.99. The van der Waals surface area contributed by atoms with Crippen LogP contribution >= 0.6 is 0 Å². The largest absolute Gasteiger partial charge is 0.416 e. The van der Waals surface area contributed by atoms with Gasteiger partial charge in [-0.25, -0.2) is 12.8 Å². The number of amides is 1. The van der Waals surface area contributed by atoms with Crippen molar-refractivity contribution in [3.63, 3.8) is 0 Å². The Morgan fingerprint density at radius 3 is 2.22 bits per heavy atom. The number of nitrogens with zero attached hydrogens (tertiary/aromatic N) is 1. The molecular weight excluding hydrogens is 496 g/mol. The maximum Gasteiger partial charge on any atom is 0.416 e. The second kappa shape index (κ2) is 9.31. The number of pyridine rings is 1.